The Bertz CT molecular complexity index is 415. The molecule has 0 radical (unpaired) electrons. The molecule has 0 aromatic carbocycles. The minimum atomic E-state index is 0.449. The molecule has 2 aromatic heterocycles. The lowest BCUT2D eigenvalue weighted by Gasteiger charge is -2.00. The molecule has 0 unspecified atom stereocenters. The van der Waals surface area contributed by atoms with Crippen LogP contribution in [0.4, 0.5) is 5.82 Å². The second-order valence-electron chi connectivity index (χ2n) is 3.07. The molecule has 0 bridgehead atoms. The summed E-state index contributed by atoms with van der Waals surface area (Å²) in [5, 5.41) is 7.97. The molecule has 2 aromatic rings. The van der Waals surface area contributed by atoms with Crippen LogP contribution in [0.3, 0.4) is 0 Å². The number of rotatable bonds is 3. The average molecular weight is 192 g/mol. The molecule has 6 heteroatoms. The topological polar surface area (TPSA) is 74.5 Å². The van der Waals surface area contributed by atoms with Crippen LogP contribution < -0.4 is 5.73 Å². The highest BCUT2D eigenvalue weighted by Gasteiger charge is 2.01. The van der Waals surface area contributed by atoms with Crippen molar-refractivity contribution in [2.45, 2.75) is 13.0 Å². The first-order valence-electron chi connectivity index (χ1n) is 4.37. The summed E-state index contributed by atoms with van der Waals surface area (Å²) in [5.41, 5.74) is 5.44. The number of hydrogen-bond donors (Lipinski definition) is 1. The molecular formula is C8H12N6. The number of nitrogens with two attached hydrogens (primary N) is 1. The summed E-state index contributed by atoms with van der Waals surface area (Å²) in [4.78, 5) is 5.77. The van der Waals surface area contributed by atoms with Crippen LogP contribution in [0.5, 0.6) is 0 Å². The van der Waals surface area contributed by atoms with E-state index in [0.717, 1.165) is 12.2 Å². The molecule has 2 rings (SSSR count). The zero-order chi connectivity index (χ0) is 9.97. The van der Waals surface area contributed by atoms with Crippen molar-refractivity contribution in [3.8, 4) is 0 Å². The zero-order valence-electron chi connectivity index (χ0n) is 7.96. The molecule has 0 aliphatic heterocycles. The van der Waals surface area contributed by atoms with Crippen LogP contribution in [0.15, 0.2) is 18.6 Å². The van der Waals surface area contributed by atoms with Gasteiger partial charge in [0.1, 0.15) is 5.82 Å². The van der Waals surface area contributed by atoms with Crippen molar-refractivity contribution < 1.29 is 0 Å². The van der Waals surface area contributed by atoms with Crippen molar-refractivity contribution in [1.29, 1.82) is 0 Å². The summed E-state index contributed by atoms with van der Waals surface area (Å²) >= 11 is 0. The Labute approximate surface area is 81.4 Å². The summed E-state index contributed by atoms with van der Waals surface area (Å²) in [5.74, 6) is 1.46. The molecule has 0 aliphatic rings. The lowest BCUT2D eigenvalue weighted by Crippen LogP contribution is -2.08. The van der Waals surface area contributed by atoms with Gasteiger partial charge in [-0.3, -0.25) is 0 Å². The van der Waals surface area contributed by atoms with Gasteiger partial charge in [0.2, 0.25) is 0 Å². The predicted octanol–water partition coefficient (Wildman–Crippen LogP) is -0.164. The fraction of sp³-hybridized carbons (Fsp3) is 0.375. The van der Waals surface area contributed by atoms with E-state index < -0.39 is 0 Å². The van der Waals surface area contributed by atoms with Crippen molar-refractivity contribution in [1.82, 2.24) is 24.5 Å². The first kappa shape index (κ1) is 8.74. The zero-order valence-corrected chi connectivity index (χ0v) is 7.96. The maximum atomic E-state index is 5.44. The molecule has 0 atom stereocenters. The Hall–Kier alpha value is -1.85. The molecule has 74 valence electrons. The number of hydrogen-bond acceptors (Lipinski definition) is 4. The molecule has 0 saturated carbocycles. The molecule has 2 heterocycles. The normalized spacial score (nSPS) is 10.6. The van der Waals surface area contributed by atoms with E-state index in [2.05, 4.69) is 15.2 Å². The fourth-order valence-corrected chi connectivity index (χ4v) is 1.26. The van der Waals surface area contributed by atoms with E-state index in [-0.39, 0.29) is 0 Å². The Kier molecular flexibility index (Phi) is 2.18. The van der Waals surface area contributed by atoms with Gasteiger partial charge < -0.3 is 10.3 Å². The van der Waals surface area contributed by atoms with Crippen molar-refractivity contribution in [3.05, 3.63) is 24.4 Å². The van der Waals surface area contributed by atoms with Crippen LogP contribution in [0.1, 0.15) is 5.82 Å². The second kappa shape index (κ2) is 3.49. The lowest BCUT2D eigenvalue weighted by molar-refractivity contribution is 0.524. The molecular weight excluding hydrogens is 180 g/mol. The van der Waals surface area contributed by atoms with E-state index in [0.29, 0.717) is 12.4 Å². The van der Waals surface area contributed by atoms with E-state index in [4.69, 9.17) is 5.73 Å². The predicted molar refractivity (Wildman–Crippen MR) is 51.3 cm³/mol. The van der Waals surface area contributed by atoms with Crippen LogP contribution in [-0.4, -0.2) is 24.5 Å². The summed E-state index contributed by atoms with van der Waals surface area (Å²) in [6, 6.07) is 0. The van der Waals surface area contributed by atoms with Crippen LogP contribution >= 0.6 is 0 Å². The van der Waals surface area contributed by atoms with Gasteiger partial charge in [0.25, 0.3) is 0 Å². The van der Waals surface area contributed by atoms with Crippen molar-refractivity contribution >= 4 is 5.82 Å². The van der Waals surface area contributed by atoms with E-state index in [1.165, 1.54) is 0 Å². The van der Waals surface area contributed by atoms with Gasteiger partial charge in [-0.05, 0) is 0 Å². The third-order valence-corrected chi connectivity index (χ3v) is 2.01. The van der Waals surface area contributed by atoms with Gasteiger partial charge in [0.05, 0.1) is 12.7 Å². The summed E-state index contributed by atoms with van der Waals surface area (Å²) in [7, 11) is 1.97. The smallest absolute Gasteiger partial charge is 0.165 e. The highest BCUT2D eigenvalue weighted by molar-refractivity contribution is 5.19. The van der Waals surface area contributed by atoms with Gasteiger partial charge >= 0.3 is 0 Å². The van der Waals surface area contributed by atoms with E-state index in [1.807, 2.05) is 17.8 Å². The third-order valence-electron chi connectivity index (χ3n) is 2.01. The maximum Gasteiger partial charge on any atom is 0.165 e. The Morgan fingerprint density at radius 2 is 2.36 bits per heavy atom. The van der Waals surface area contributed by atoms with Crippen LogP contribution in [-0.2, 0) is 20.0 Å². The number of aryl methyl sites for hydroxylation is 3. The quantitative estimate of drug-likeness (QED) is 0.733. The molecule has 0 fully saturated rings. The highest BCUT2D eigenvalue weighted by Crippen LogP contribution is 1.98. The number of imidazole rings is 1. The third kappa shape index (κ3) is 1.73. The van der Waals surface area contributed by atoms with E-state index in [9.17, 15) is 0 Å². The molecule has 2 N–H and O–H groups in total. The summed E-state index contributed by atoms with van der Waals surface area (Å²) in [6.45, 7) is 0.696. The second-order valence-corrected chi connectivity index (χ2v) is 3.07. The van der Waals surface area contributed by atoms with Gasteiger partial charge in [0.15, 0.2) is 5.82 Å². The van der Waals surface area contributed by atoms with Gasteiger partial charge in [-0.25, -0.2) is 4.98 Å². The standard InChI is InChI=1S/C8H12N6/c1-13-5-3-10-8(13)2-4-14-11-6-7(9)12-14/h3,5-6H,2,4H2,1H3,(H2,9,12). The largest absolute Gasteiger partial charge is 0.381 e. The Balaban J connectivity index is 1.98. The minimum Gasteiger partial charge on any atom is -0.381 e. The number of anilines is 1. The van der Waals surface area contributed by atoms with Gasteiger partial charge in [0, 0.05) is 25.9 Å². The van der Waals surface area contributed by atoms with Crippen molar-refractivity contribution in [2.75, 3.05) is 5.73 Å². The van der Waals surface area contributed by atoms with Crippen LogP contribution in [0.2, 0.25) is 0 Å². The number of nitrogens with zero attached hydrogens (tertiary/aromatic N) is 5. The minimum absolute atomic E-state index is 0.449. The first-order valence-corrected chi connectivity index (χ1v) is 4.37. The van der Waals surface area contributed by atoms with Gasteiger partial charge in [-0.2, -0.15) is 9.90 Å². The molecule has 0 amide bonds. The fourth-order valence-electron chi connectivity index (χ4n) is 1.26. The average Bonchev–Trinajstić information content (AvgIpc) is 2.72. The molecule has 6 nitrogen and oxygen atoms in total. The SMILES string of the molecule is Cn1ccnc1CCn1ncc(N)n1. The van der Waals surface area contributed by atoms with E-state index in [1.54, 1.807) is 17.2 Å². The summed E-state index contributed by atoms with van der Waals surface area (Å²) < 4.78 is 1.98. The first-order chi connectivity index (χ1) is 6.75. The molecule has 14 heavy (non-hydrogen) atoms. The number of nitrogen functional groups attached to an aromatic ring is 1. The monoisotopic (exact) mass is 192 g/mol. The summed E-state index contributed by atoms with van der Waals surface area (Å²) in [6.07, 6.45) is 6.04. The van der Waals surface area contributed by atoms with E-state index >= 15 is 0 Å². The molecule has 0 spiro atoms. The Morgan fingerprint density at radius 3 is 2.93 bits per heavy atom. The maximum absolute atomic E-state index is 5.44. The lowest BCUT2D eigenvalue weighted by atomic mass is 10.4. The number of aromatic nitrogens is 5. The van der Waals surface area contributed by atoms with Crippen molar-refractivity contribution in [2.24, 2.45) is 7.05 Å². The van der Waals surface area contributed by atoms with Crippen molar-refractivity contribution in [3.63, 3.8) is 0 Å². The van der Waals surface area contributed by atoms with Gasteiger partial charge in [-0.15, -0.1) is 5.10 Å². The molecule has 0 saturated heterocycles. The highest BCUT2D eigenvalue weighted by atomic mass is 15.5. The van der Waals surface area contributed by atoms with Gasteiger partial charge in [-0.1, -0.05) is 0 Å². The van der Waals surface area contributed by atoms with Crippen LogP contribution in [0.25, 0.3) is 0 Å². The molecule has 0 aliphatic carbocycles. The van der Waals surface area contributed by atoms with Crippen LogP contribution in [0, 0.1) is 0 Å². The Morgan fingerprint density at radius 1 is 1.50 bits per heavy atom.